The van der Waals surface area contributed by atoms with Gasteiger partial charge in [0.2, 0.25) is 5.91 Å². The van der Waals surface area contributed by atoms with Gasteiger partial charge in [-0.15, -0.1) is 0 Å². The molecule has 0 saturated heterocycles. The highest BCUT2D eigenvalue weighted by molar-refractivity contribution is 5.94. The van der Waals surface area contributed by atoms with Crippen molar-refractivity contribution in [2.45, 2.75) is 0 Å². The minimum absolute atomic E-state index is 0.0160. The Labute approximate surface area is 108 Å². The number of rotatable bonds is 7. The van der Waals surface area contributed by atoms with E-state index < -0.39 is 22.3 Å². The fourth-order valence-electron chi connectivity index (χ4n) is 1.33. The summed E-state index contributed by atoms with van der Waals surface area (Å²) in [5.74, 6) is -1.19. The van der Waals surface area contributed by atoms with E-state index in [1.807, 2.05) is 0 Å². The van der Waals surface area contributed by atoms with Crippen molar-refractivity contribution in [1.82, 2.24) is 5.32 Å². The number of benzene rings is 1. The summed E-state index contributed by atoms with van der Waals surface area (Å²) in [4.78, 5) is 21.5. The number of carbonyl (C=O) groups is 1. The number of halogens is 1. The van der Waals surface area contributed by atoms with Crippen LogP contribution in [0.25, 0.3) is 0 Å². The van der Waals surface area contributed by atoms with Crippen molar-refractivity contribution in [2.75, 3.05) is 32.1 Å². The number of nitro groups is 1. The first kappa shape index (κ1) is 15.0. The summed E-state index contributed by atoms with van der Waals surface area (Å²) in [5, 5.41) is 15.8. The van der Waals surface area contributed by atoms with E-state index in [4.69, 9.17) is 4.74 Å². The molecule has 0 saturated carbocycles. The van der Waals surface area contributed by atoms with E-state index in [2.05, 4.69) is 10.6 Å². The van der Waals surface area contributed by atoms with Gasteiger partial charge in [-0.3, -0.25) is 14.9 Å². The Bertz CT molecular complexity index is 467. The minimum Gasteiger partial charge on any atom is -0.383 e. The molecule has 0 unspecified atom stereocenters. The van der Waals surface area contributed by atoms with Crippen LogP contribution in [0.15, 0.2) is 18.2 Å². The lowest BCUT2D eigenvalue weighted by atomic mass is 10.2. The number of hydrogen-bond donors (Lipinski definition) is 2. The zero-order valence-corrected chi connectivity index (χ0v) is 10.3. The summed E-state index contributed by atoms with van der Waals surface area (Å²) in [5.41, 5.74) is -0.518. The second kappa shape index (κ2) is 7.39. The molecule has 1 amide bonds. The maximum Gasteiger partial charge on any atom is 0.295 e. The zero-order valence-electron chi connectivity index (χ0n) is 10.3. The quantitative estimate of drug-likeness (QED) is 0.437. The number of carbonyl (C=O) groups excluding carboxylic acids is 1. The van der Waals surface area contributed by atoms with Gasteiger partial charge in [-0.2, -0.15) is 0 Å². The van der Waals surface area contributed by atoms with Crippen molar-refractivity contribution < 1.29 is 18.8 Å². The predicted molar refractivity (Wildman–Crippen MR) is 66.4 cm³/mol. The van der Waals surface area contributed by atoms with Gasteiger partial charge in [0.05, 0.1) is 24.1 Å². The number of nitrogens with one attached hydrogen (secondary N) is 2. The van der Waals surface area contributed by atoms with Gasteiger partial charge in [0, 0.05) is 13.7 Å². The first-order valence-corrected chi connectivity index (χ1v) is 5.48. The molecule has 2 N–H and O–H groups in total. The monoisotopic (exact) mass is 271 g/mol. The molecule has 1 aromatic rings. The Kier molecular flexibility index (Phi) is 5.83. The second-order valence-electron chi connectivity index (χ2n) is 3.64. The first-order chi connectivity index (χ1) is 9.04. The first-order valence-electron chi connectivity index (χ1n) is 5.48. The van der Waals surface area contributed by atoms with Crippen LogP contribution in [0.4, 0.5) is 15.8 Å². The van der Waals surface area contributed by atoms with Gasteiger partial charge < -0.3 is 15.4 Å². The molecule has 19 heavy (non-hydrogen) atoms. The topological polar surface area (TPSA) is 93.5 Å². The third-order valence-corrected chi connectivity index (χ3v) is 2.20. The summed E-state index contributed by atoms with van der Waals surface area (Å²) >= 11 is 0. The molecular weight excluding hydrogens is 257 g/mol. The molecular formula is C11H14FN3O4. The van der Waals surface area contributed by atoms with Crippen LogP contribution in [0.3, 0.4) is 0 Å². The number of amides is 1. The van der Waals surface area contributed by atoms with Crippen LogP contribution in [0, 0.1) is 15.9 Å². The third-order valence-electron chi connectivity index (χ3n) is 2.20. The minimum atomic E-state index is -0.753. The number of anilines is 1. The molecule has 0 radical (unpaired) electrons. The Hall–Kier alpha value is -2.06. The van der Waals surface area contributed by atoms with Crippen LogP contribution in [-0.4, -0.2) is 37.6 Å². The number of ether oxygens (including phenoxy) is 1. The van der Waals surface area contributed by atoms with Crippen LogP contribution in [-0.2, 0) is 9.53 Å². The molecule has 0 aromatic heterocycles. The van der Waals surface area contributed by atoms with Gasteiger partial charge in [-0.25, -0.2) is 4.39 Å². The molecule has 0 heterocycles. The molecule has 0 fully saturated rings. The average Bonchev–Trinajstić information content (AvgIpc) is 2.36. The normalized spacial score (nSPS) is 10.2. The van der Waals surface area contributed by atoms with Crippen molar-refractivity contribution in [3.8, 4) is 0 Å². The molecule has 8 heteroatoms. The standard InChI is InChI=1S/C11H14FN3O4/c1-19-5-4-13-7-11(16)14-9-3-2-8(12)6-10(9)15(17)18/h2-3,6,13H,4-5,7H2,1H3,(H,14,16). The van der Waals surface area contributed by atoms with Crippen LogP contribution < -0.4 is 10.6 Å². The molecule has 0 atom stereocenters. The van der Waals surface area contributed by atoms with Gasteiger partial charge in [0.1, 0.15) is 11.5 Å². The highest BCUT2D eigenvalue weighted by Gasteiger charge is 2.16. The second-order valence-corrected chi connectivity index (χ2v) is 3.64. The summed E-state index contributed by atoms with van der Waals surface area (Å²) < 4.78 is 17.7. The van der Waals surface area contributed by atoms with Crippen molar-refractivity contribution in [1.29, 1.82) is 0 Å². The van der Waals surface area contributed by atoms with Crippen molar-refractivity contribution >= 4 is 17.3 Å². The van der Waals surface area contributed by atoms with Gasteiger partial charge in [-0.1, -0.05) is 0 Å². The molecule has 0 aliphatic carbocycles. The summed E-state index contributed by atoms with van der Waals surface area (Å²) in [7, 11) is 1.53. The lowest BCUT2D eigenvalue weighted by Gasteiger charge is -2.07. The number of methoxy groups -OCH3 is 1. The maximum atomic E-state index is 12.9. The Morgan fingerprint density at radius 1 is 1.53 bits per heavy atom. The van der Waals surface area contributed by atoms with E-state index in [1.54, 1.807) is 0 Å². The molecule has 0 aliphatic heterocycles. The molecule has 104 valence electrons. The van der Waals surface area contributed by atoms with E-state index in [1.165, 1.54) is 7.11 Å². The Morgan fingerprint density at radius 3 is 2.89 bits per heavy atom. The van der Waals surface area contributed by atoms with Crippen LogP contribution >= 0.6 is 0 Å². The third kappa shape index (κ3) is 4.98. The number of nitro benzene ring substituents is 1. The molecule has 0 spiro atoms. The fraction of sp³-hybridized carbons (Fsp3) is 0.364. The lowest BCUT2D eigenvalue weighted by Crippen LogP contribution is -2.30. The van der Waals surface area contributed by atoms with Gasteiger partial charge in [0.15, 0.2) is 0 Å². The van der Waals surface area contributed by atoms with Crippen molar-refractivity contribution in [3.63, 3.8) is 0 Å². The Balaban J connectivity index is 2.61. The van der Waals surface area contributed by atoms with Crippen LogP contribution in [0.2, 0.25) is 0 Å². The van der Waals surface area contributed by atoms with Crippen molar-refractivity contribution in [2.24, 2.45) is 0 Å². The van der Waals surface area contributed by atoms with E-state index in [9.17, 15) is 19.3 Å². The van der Waals surface area contributed by atoms with E-state index in [0.717, 1.165) is 18.2 Å². The molecule has 1 aromatic carbocycles. The summed E-state index contributed by atoms with van der Waals surface area (Å²) in [6, 6.07) is 2.95. The van der Waals surface area contributed by atoms with Crippen LogP contribution in [0.5, 0.6) is 0 Å². The van der Waals surface area contributed by atoms with Gasteiger partial charge >= 0.3 is 0 Å². The summed E-state index contributed by atoms with van der Waals surface area (Å²) in [6.45, 7) is 0.914. The molecule has 1 rings (SSSR count). The predicted octanol–water partition coefficient (Wildman–Crippen LogP) is 0.908. The lowest BCUT2D eigenvalue weighted by molar-refractivity contribution is -0.384. The summed E-state index contributed by atoms with van der Waals surface area (Å²) in [6.07, 6.45) is 0. The fourth-order valence-corrected chi connectivity index (χ4v) is 1.33. The smallest absolute Gasteiger partial charge is 0.295 e. The molecule has 0 bridgehead atoms. The highest BCUT2D eigenvalue weighted by Crippen LogP contribution is 2.24. The van der Waals surface area contributed by atoms with Crippen molar-refractivity contribution in [3.05, 3.63) is 34.1 Å². The average molecular weight is 271 g/mol. The Morgan fingerprint density at radius 2 is 2.26 bits per heavy atom. The van der Waals surface area contributed by atoms with Gasteiger partial charge in [-0.05, 0) is 12.1 Å². The van der Waals surface area contributed by atoms with Gasteiger partial charge in [0.25, 0.3) is 5.69 Å². The highest BCUT2D eigenvalue weighted by atomic mass is 19.1. The largest absolute Gasteiger partial charge is 0.383 e. The number of nitrogens with zero attached hydrogens (tertiary/aromatic N) is 1. The van der Waals surface area contributed by atoms with E-state index in [-0.39, 0.29) is 12.2 Å². The van der Waals surface area contributed by atoms with E-state index >= 15 is 0 Å². The maximum absolute atomic E-state index is 12.9. The zero-order chi connectivity index (χ0) is 14.3. The number of hydrogen-bond acceptors (Lipinski definition) is 5. The van der Waals surface area contributed by atoms with E-state index in [0.29, 0.717) is 13.2 Å². The SMILES string of the molecule is COCCNCC(=O)Nc1ccc(F)cc1[N+](=O)[O-]. The van der Waals surface area contributed by atoms with Crippen LogP contribution in [0.1, 0.15) is 0 Å². The molecule has 7 nitrogen and oxygen atoms in total. The molecule has 0 aliphatic rings.